The smallest absolute Gasteiger partial charge is 0.290 e. The van der Waals surface area contributed by atoms with E-state index >= 15 is 0 Å². The molecule has 24 heavy (non-hydrogen) atoms. The first-order valence-electron chi connectivity index (χ1n) is 7.72. The van der Waals surface area contributed by atoms with Crippen LogP contribution in [0, 0.1) is 6.92 Å². The molecule has 0 spiro atoms. The highest BCUT2D eigenvalue weighted by atomic mass is 35.5. The summed E-state index contributed by atoms with van der Waals surface area (Å²) < 4.78 is 1.87. The first kappa shape index (κ1) is 16.2. The number of anilines is 1. The minimum atomic E-state index is -0.0925. The number of amides is 1. The lowest BCUT2D eigenvalue weighted by molar-refractivity contribution is -0.683. The maximum absolute atomic E-state index is 12.3. The van der Waals surface area contributed by atoms with Crippen LogP contribution in [-0.4, -0.2) is 5.91 Å². The number of benzene rings is 2. The second kappa shape index (κ2) is 7.28. The summed E-state index contributed by atoms with van der Waals surface area (Å²) in [6.45, 7) is 2.17. The molecule has 1 heterocycles. The standard InChI is InChI=1S/C20H17ClN2O/c1-15-9-10-18(12-19(15)21)22-20(24)14-23-11-5-8-17(13-23)16-6-3-2-4-7-16/h2-13H,14H2,1H3/p+1. The number of hydrogen-bond donors (Lipinski definition) is 1. The molecule has 120 valence electrons. The van der Waals surface area contributed by atoms with Crippen molar-refractivity contribution < 1.29 is 9.36 Å². The lowest BCUT2D eigenvalue weighted by Gasteiger charge is -2.06. The number of halogens is 1. The molecule has 0 bridgehead atoms. The summed E-state index contributed by atoms with van der Waals surface area (Å²) in [5.74, 6) is -0.0925. The van der Waals surface area contributed by atoms with Gasteiger partial charge >= 0.3 is 0 Å². The van der Waals surface area contributed by atoms with Crippen LogP contribution >= 0.6 is 11.6 Å². The minimum absolute atomic E-state index is 0.0925. The summed E-state index contributed by atoms with van der Waals surface area (Å²) in [4.78, 5) is 12.3. The van der Waals surface area contributed by atoms with Crippen LogP contribution in [0.1, 0.15) is 5.56 Å². The average Bonchev–Trinajstić information content (AvgIpc) is 2.59. The number of nitrogens with one attached hydrogen (secondary N) is 1. The quantitative estimate of drug-likeness (QED) is 0.710. The molecule has 1 N–H and O–H groups in total. The molecule has 3 rings (SSSR count). The van der Waals surface area contributed by atoms with Crippen molar-refractivity contribution in [1.82, 2.24) is 0 Å². The van der Waals surface area contributed by atoms with Gasteiger partial charge < -0.3 is 5.32 Å². The molecular weight excluding hydrogens is 320 g/mol. The van der Waals surface area contributed by atoms with Crippen molar-refractivity contribution in [3.63, 3.8) is 0 Å². The molecule has 0 saturated carbocycles. The predicted molar refractivity (Wildman–Crippen MR) is 96.9 cm³/mol. The van der Waals surface area contributed by atoms with Gasteiger partial charge in [0.1, 0.15) is 0 Å². The van der Waals surface area contributed by atoms with Crippen LogP contribution in [0.5, 0.6) is 0 Å². The highest BCUT2D eigenvalue weighted by Gasteiger charge is 2.11. The number of carbonyl (C=O) groups excluding carboxylic acids is 1. The van der Waals surface area contributed by atoms with Gasteiger partial charge in [-0.25, -0.2) is 0 Å². The average molecular weight is 338 g/mol. The Hall–Kier alpha value is -2.65. The van der Waals surface area contributed by atoms with Crippen LogP contribution in [0.4, 0.5) is 5.69 Å². The van der Waals surface area contributed by atoms with E-state index in [1.54, 1.807) is 6.07 Å². The molecule has 1 amide bonds. The number of rotatable bonds is 4. The fourth-order valence-corrected chi connectivity index (χ4v) is 2.64. The first-order chi connectivity index (χ1) is 11.6. The molecule has 0 atom stereocenters. The zero-order valence-corrected chi connectivity index (χ0v) is 14.1. The molecule has 4 heteroatoms. The summed E-state index contributed by atoms with van der Waals surface area (Å²) in [5, 5.41) is 3.52. The van der Waals surface area contributed by atoms with Crippen molar-refractivity contribution in [3.05, 3.63) is 83.6 Å². The van der Waals surface area contributed by atoms with E-state index in [4.69, 9.17) is 11.6 Å². The van der Waals surface area contributed by atoms with E-state index in [1.807, 2.05) is 78.5 Å². The summed E-state index contributed by atoms with van der Waals surface area (Å²) in [6.07, 6.45) is 3.85. The van der Waals surface area contributed by atoms with E-state index < -0.39 is 0 Å². The maximum atomic E-state index is 12.3. The Labute approximate surface area is 146 Å². The third-order valence-electron chi connectivity index (χ3n) is 3.75. The Kier molecular flexibility index (Phi) is 4.92. The molecule has 0 fully saturated rings. The predicted octanol–water partition coefficient (Wildman–Crippen LogP) is 4.24. The van der Waals surface area contributed by atoms with Crippen LogP contribution in [0.2, 0.25) is 5.02 Å². The van der Waals surface area contributed by atoms with Crippen molar-refractivity contribution in [2.24, 2.45) is 0 Å². The monoisotopic (exact) mass is 337 g/mol. The van der Waals surface area contributed by atoms with Crippen molar-refractivity contribution in [1.29, 1.82) is 0 Å². The SMILES string of the molecule is Cc1ccc(NC(=O)C[n+]2cccc(-c3ccccc3)c2)cc1Cl. The van der Waals surface area contributed by atoms with Crippen LogP contribution in [0.3, 0.4) is 0 Å². The van der Waals surface area contributed by atoms with Gasteiger partial charge in [-0.15, -0.1) is 0 Å². The van der Waals surface area contributed by atoms with E-state index in [0.717, 1.165) is 16.7 Å². The van der Waals surface area contributed by atoms with Gasteiger partial charge in [0.2, 0.25) is 6.54 Å². The first-order valence-corrected chi connectivity index (χ1v) is 8.10. The van der Waals surface area contributed by atoms with Gasteiger partial charge in [0.15, 0.2) is 12.4 Å². The minimum Gasteiger partial charge on any atom is -0.321 e. The molecule has 3 nitrogen and oxygen atoms in total. The van der Waals surface area contributed by atoms with Gasteiger partial charge in [-0.3, -0.25) is 4.79 Å². The summed E-state index contributed by atoms with van der Waals surface area (Å²) in [7, 11) is 0. The fraction of sp³-hybridized carbons (Fsp3) is 0.100. The number of aryl methyl sites for hydroxylation is 1. The van der Waals surface area contributed by atoms with Crippen molar-refractivity contribution >= 4 is 23.2 Å². The molecule has 2 aromatic carbocycles. The number of hydrogen-bond acceptors (Lipinski definition) is 1. The van der Waals surface area contributed by atoms with E-state index in [2.05, 4.69) is 5.32 Å². The van der Waals surface area contributed by atoms with E-state index in [0.29, 0.717) is 10.7 Å². The molecule has 0 aliphatic carbocycles. The Bertz CT molecular complexity index is 863. The lowest BCUT2D eigenvalue weighted by Crippen LogP contribution is -2.39. The topological polar surface area (TPSA) is 33.0 Å². The Morgan fingerprint density at radius 2 is 1.79 bits per heavy atom. The third-order valence-corrected chi connectivity index (χ3v) is 4.15. The second-order valence-electron chi connectivity index (χ2n) is 5.64. The third kappa shape index (κ3) is 4.00. The molecule has 0 radical (unpaired) electrons. The molecule has 0 aliphatic rings. The van der Waals surface area contributed by atoms with Crippen LogP contribution in [0.25, 0.3) is 11.1 Å². The fourth-order valence-electron chi connectivity index (χ4n) is 2.46. The Morgan fingerprint density at radius 3 is 2.54 bits per heavy atom. The largest absolute Gasteiger partial charge is 0.321 e. The molecule has 0 aliphatic heterocycles. The molecule has 0 saturated heterocycles. The summed E-state index contributed by atoms with van der Waals surface area (Å²) >= 11 is 6.09. The normalized spacial score (nSPS) is 10.4. The van der Waals surface area contributed by atoms with Crippen LogP contribution in [0.15, 0.2) is 73.1 Å². The summed E-state index contributed by atoms with van der Waals surface area (Å²) in [5.41, 5.74) is 3.89. The molecular formula is C20H18ClN2O+. The number of nitrogens with zero attached hydrogens (tertiary/aromatic N) is 1. The summed E-state index contributed by atoms with van der Waals surface area (Å²) in [6, 6.07) is 19.6. The van der Waals surface area contributed by atoms with Gasteiger partial charge in [0, 0.05) is 22.3 Å². The van der Waals surface area contributed by atoms with Gasteiger partial charge in [0.05, 0.1) is 0 Å². The van der Waals surface area contributed by atoms with E-state index in [1.165, 1.54) is 0 Å². The van der Waals surface area contributed by atoms with Gasteiger partial charge in [0.25, 0.3) is 5.91 Å². The van der Waals surface area contributed by atoms with Crippen molar-refractivity contribution in [2.45, 2.75) is 13.5 Å². The number of aromatic nitrogens is 1. The van der Waals surface area contributed by atoms with Crippen molar-refractivity contribution in [2.75, 3.05) is 5.32 Å². The molecule has 0 unspecified atom stereocenters. The Balaban J connectivity index is 1.71. The second-order valence-corrected chi connectivity index (χ2v) is 6.05. The highest BCUT2D eigenvalue weighted by Crippen LogP contribution is 2.20. The number of pyridine rings is 1. The Morgan fingerprint density at radius 1 is 1.04 bits per heavy atom. The molecule has 3 aromatic rings. The number of carbonyl (C=O) groups is 1. The van der Waals surface area contributed by atoms with Gasteiger partial charge in [-0.05, 0) is 36.2 Å². The van der Waals surface area contributed by atoms with Crippen molar-refractivity contribution in [3.8, 4) is 11.1 Å². The zero-order valence-electron chi connectivity index (χ0n) is 13.4. The van der Waals surface area contributed by atoms with E-state index in [-0.39, 0.29) is 12.5 Å². The van der Waals surface area contributed by atoms with E-state index in [9.17, 15) is 4.79 Å². The van der Waals surface area contributed by atoms with Gasteiger partial charge in [-0.1, -0.05) is 48.0 Å². The van der Waals surface area contributed by atoms with Crippen LogP contribution in [-0.2, 0) is 11.3 Å². The van der Waals surface area contributed by atoms with Gasteiger partial charge in [-0.2, -0.15) is 4.57 Å². The molecule has 1 aromatic heterocycles. The maximum Gasteiger partial charge on any atom is 0.290 e. The zero-order chi connectivity index (χ0) is 16.9. The lowest BCUT2D eigenvalue weighted by atomic mass is 10.1. The van der Waals surface area contributed by atoms with Crippen LogP contribution < -0.4 is 9.88 Å². The highest BCUT2D eigenvalue weighted by molar-refractivity contribution is 6.31.